The van der Waals surface area contributed by atoms with Crippen LogP contribution in [0.25, 0.3) is 0 Å². The van der Waals surface area contributed by atoms with Gasteiger partial charge in [-0.3, -0.25) is 9.80 Å². The van der Waals surface area contributed by atoms with E-state index in [4.69, 9.17) is 25.3 Å². The summed E-state index contributed by atoms with van der Waals surface area (Å²) in [6, 6.07) is 0. The van der Waals surface area contributed by atoms with Gasteiger partial charge in [0.15, 0.2) is 0 Å². The van der Waals surface area contributed by atoms with Crippen molar-refractivity contribution in [1.82, 2.24) is 9.80 Å². The summed E-state index contributed by atoms with van der Waals surface area (Å²) in [5, 5.41) is 0. The van der Waals surface area contributed by atoms with Crippen molar-refractivity contribution < 1.29 is 36.0 Å². The van der Waals surface area contributed by atoms with Crippen molar-refractivity contribution in [3.63, 3.8) is 0 Å². The van der Waals surface area contributed by atoms with Gasteiger partial charge in [-0.2, -0.15) is 0 Å². The molecule has 0 aliphatic rings. The van der Waals surface area contributed by atoms with Crippen molar-refractivity contribution in [2.45, 2.75) is 294 Å². The molecule has 0 aliphatic carbocycles. The van der Waals surface area contributed by atoms with Crippen molar-refractivity contribution in [1.29, 1.82) is 0 Å². The minimum absolute atomic E-state index is 0. The molecule has 0 saturated heterocycles. The molecule has 0 aromatic rings. The summed E-state index contributed by atoms with van der Waals surface area (Å²) in [7, 11) is 8.19. The van der Waals surface area contributed by atoms with Crippen LogP contribution in [0.1, 0.15) is 285 Å². The predicted molar refractivity (Wildman–Crippen MR) is 306 cm³/mol. The van der Waals surface area contributed by atoms with Crippen LogP contribution in [0.15, 0.2) is 0 Å². The average molecular weight is 1190 g/mol. The molecule has 2 unspecified atom stereocenters. The van der Waals surface area contributed by atoms with Gasteiger partial charge < -0.3 is 52.2 Å². The average Bonchev–Trinajstić information content (AvgIpc) is 3.26. The number of rotatable bonds is 46. The monoisotopic (exact) mass is 1190 g/mol. The fourth-order valence-electron chi connectivity index (χ4n) is 7.90. The predicted octanol–water partition coefficient (Wildman–Crippen LogP) is 16.7. The summed E-state index contributed by atoms with van der Waals surface area (Å²) >= 11 is 21.4. The first-order valence-corrected chi connectivity index (χ1v) is 33.7. The summed E-state index contributed by atoms with van der Waals surface area (Å²) in [6.45, 7) is 13.9. The van der Waals surface area contributed by atoms with Crippen LogP contribution in [0.4, 0.5) is 0 Å². The van der Waals surface area contributed by atoms with E-state index in [0.717, 1.165) is 0 Å². The van der Waals surface area contributed by atoms with Gasteiger partial charge >= 0.3 is 55.6 Å². The zero-order valence-corrected chi connectivity index (χ0v) is 52.6. The second-order valence-electron chi connectivity index (χ2n) is 17.5. The molecule has 2 atom stereocenters. The van der Waals surface area contributed by atoms with Crippen LogP contribution in [-0.2, 0) is 113 Å². The standard InChI is InChI=1S/2C25H53NS2.2Mo.2H2S.2S/c2*1-3-5-7-9-11-13-15-17-19-21-23-26(25(27)28)24-22-20-18-16-14-12-10-8-6-4-2;;;;;;/h2*25,27-28H,3-24H2,1-2H3;;;2*1H2;;/p-2. The van der Waals surface area contributed by atoms with Gasteiger partial charge in [-0.05, 0) is 50.9 Å². The van der Waals surface area contributed by atoms with E-state index in [2.05, 4.69) is 82.4 Å². The van der Waals surface area contributed by atoms with Crippen LogP contribution in [0, 0.1) is 0 Å². The molecule has 0 rings (SSSR count). The molecule has 380 valence electrons. The Bertz CT molecular complexity index is 628. The van der Waals surface area contributed by atoms with E-state index >= 15 is 0 Å². The Morgan fingerprint density at radius 2 is 0.403 bits per heavy atom. The second kappa shape index (κ2) is 73.8. The molecule has 0 spiro atoms. The summed E-state index contributed by atoms with van der Waals surface area (Å²) in [4.78, 5) is 4.92. The van der Waals surface area contributed by atoms with Crippen molar-refractivity contribution in [3.05, 3.63) is 0 Å². The summed E-state index contributed by atoms with van der Waals surface area (Å²) < 4.78 is 0.217. The van der Waals surface area contributed by atoms with E-state index in [1.165, 1.54) is 319 Å². The number of hydrogen-bond acceptors (Lipinski definition) is 8. The Morgan fingerprint density at radius 1 is 0.290 bits per heavy atom. The van der Waals surface area contributed by atoms with Crippen molar-refractivity contribution >= 4 is 97.1 Å². The number of thiol groups is 2. The SMILES string of the molecule is CCCCCCCCCCCCN(CCCCCCCCCCCC)C([S-])[SH2+].CCCCCCCCCCCCN(CCCCCCCCCCCC)C([S-])[SH2+].[SH-].[SH-].[S]=[Mo].[S]=[Mo]. The summed E-state index contributed by atoms with van der Waals surface area (Å²) in [5.41, 5.74) is 0. The van der Waals surface area contributed by atoms with E-state index in [1.807, 2.05) is 0 Å². The number of nitrogens with zero attached hydrogens (tertiary/aromatic N) is 2. The maximum absolute atomic E-state index is 5.48. The van der Waals surface area contributed by atoms with Crippen LogP contribution in [0.2, 0.25) is 0 Å². The van der Waals surface area contributed by atoms with Crippen LogP contribution in [-0.4, -0.2) is 45.4 Å². The van der Waals surface area contributed by atoms with E-state index in [9.17, 15) is 0 Å². The molecule has 0 fully saturated rings. The molecule has 2 nitrogen and oxygen atoms in total. The molecular weight excluding hydrogens is 1080 g/mol. The Kier molecular flexibility index (Phi) is 92.0. The first-order valence-electron chi connectivity index (χ1n) is 26.0. The molecular formula is C50H108Mo2N2S8-2. The van der Waals surface area contributed by atoms with Crippen molar-refractivity contribution in [2.75, 3.05) is 26.2 Å². The number of unbranched alkanes of at least 4 members (excludes halogenated alkanes) is 36. The van der Waals surface area contributed by atoms with Gasteiger partial charge in [-0.25, -0.2) is 0 Å². The normalized spacial score (nSPS) is 11.6. The summed E-state index contributed by atoms with van der Waals surface area (Å²) in [5.74, 6) is 0. The second-order valence-corrected chi connectivity index (χ2v) is 20.3. The Balaban J connectivity index is -0.000000227. The molecule has 0 amide bonds. The van der Waals surface area contributed by atoms with E-state index in [-0.39, 0.29) is 36.4 Å². The minimum atomic E-state index is 0. The van der Waals surface area contributed by atoms with E-state index < -0.39 is 0 Å². The van der Waals surface area contributed by atoms with Gasteiger partial charge in [0, 0.05) is 26.2 Å². The van der Waals surface area contributed by atoms with E-state index in [1.54, 1.807) is 0 Å². The van der Waals surface area contributed by atoms with Crippen LogP contribution in [0.3, 0.4) is 0 Å². The van der Waals surface area contributed by atoms with Crippen molar-refractivity contribution in [3.8, 4) is 0 Å². The molecule has 12 heteroatoms. The van der Waals surface area contributed by atoms with Crippen molar-refractivity contribution in [2.24, 2.45) is 0 Å². The third kappa shape index (κ3) is 70.4. The van der Waals surface area contributed by atoms with Crippen LogP contribution in [0.5, 0.6) is 0 Å². The molecule has 0 aromatic carbocycles. The number of hydrogen-bond donors (Lipinski definition) is 0. The fourth-order valence-corrected chi connectivity index (χ4v) is 8.84. The molecule has 0 heterocycles. The topological polar surface area (TPSA) is 6.48 Å². The molecule has 0 N–H and O–H groups in total. The zero-order chi connectivity index (χ0) is 45.4. The quantitative estimate of drug-likeness (QED) is 0.0193. The van der Waals surface area contributed by atoms with E-state index in [0.29, 0.717) is 0 Å². The molecule has 0 saturated carbocycles. The first-order chi connectivity index (χ1) is 29.4. The Labute approximate surface area is 458 Å². The molecule has 0 aromatic heterocycles. The van der Waals surface area contributed by atoms with Crippen LogP contribution >= 0.6 is 19.6 Å². The van der Waals surface area contributed by atoms with Gasteiger partial charge in [-0.1, -0.05) is 259 Å². The zero-order valence-electron chi connectivity index (χ0n) is 41.5. The van der Waals surface area contributed by atoms with Gasteiger partial charge in [0.05, 0.1) is 9.41 Å². The van der Waals surface area contributed by atoms with Gasteiger partial charge in [-0.15, -0.1) is 0 Å². The van der Waals surface area contributed by atoms with Gasteiger partial charge in [0.2, 0.25) is 0 Å². The van der Waals surface area contributed by atoms with Gasteiger partial charge in [0.1, 0.15) is 0 Å². The fraction of sp³-hybridized carbons (Fsp3) is 1.00. The molecule has 0 bridgehead atoms. The molecule has 0 aliphatic heterocycles. The Morgan fingerprint density at radius 3 is 0.516 bits per heavy atom. The molecule has 62 heavy (non-hydrogen) atoms. The third-order valence-corrected chi connectivity index (χ3v) is 13.2. The Hall–Kier alpha value is 3.84. The van der Waals surface area contributed by atoms with Gasteiger partial charge in [0.25, 0.3) is 0 Å². The maximum atomic E-state index is 5.48. The summed E-state index contributed by atoms with van der Waals surface area (Å²) in [6.07, 6.45) is 56.2. The van der Waals surface area contributed by atoms with Crippen LogP contribution < -0.4 is 0 Å². The first kappa shape index (κ1) is 77.3. The third-order valence-electron chi connectivity index (χ3n) is 11.9. The molecule has 0 radical (unpaired) electrons.